The van der Waals surface area contributed by atoms with Gasteiger partial charge >= 0.3 is 0 Å². The van der Waals surface area contributed by atoms with Gasteiger partial charge in [-0.2, -0.15) is 0 Å². The number of anilines is 1. The first-order chi connectivity index (χ1) is 12.2. The minimum absolute atomic E-state index is 0.606. The van der Waals surface area contributed by atoms with E-state index >= 15 is 0 Å². The van der Waals surface area contributed by atoms with Crippen LogP contribution in [0.4, 0.5) is 5.82 Å². The standard InChI is InChI=1S/C20H18Cl2N3/c21-17-7-5-15(13-18(17)22)14-24-9-11-25(12-10-24)20-8-6-16-3-1-2-4-19(16)23-20/h1-3,5-8,13H,9-12,14H2. The van der Waals surface area contributed by atoms with Crippen molar-refractivity contribution in [2.75, 3.05) is 31.1 Å². The molecule has 127 valence electrons. The van der Waals surface area contributed by atoms with Crippen molar-refractivity contribution in [1.82, 2.24) is 9.88 Å². The lowest BCUT2D eigenvalue weighted by Gasteiger charge is -2.35. The number of para-hydroxylation sites is 1. The highest BCUT2D eigenvalue weighted by Gasteiger charge is 2.18. The van der Waals surface area contributed by atoms with Crippen LogP contribution >= 0.6 is 23.2 Å². The zero-order chi connectivity index (χ0) is 17.2. The molecule has 0 aliphatic carbocycles. The Balaban J connectivity index is 1.41. The number of hydrogen-bond donors (Lipinski definition) is 0. The molecule has 4 rings (SSSR count). The summed E-state index contributed by atoms with van der Waals surface area (Å²) >= 11 is 12.1. The van der Waals surface area contributed by atoms with Crippen LogP contribution in [-0.2, 0) is 6.54 Å². The molecule has 0 amide bonds. The molecule has 1 fully saturated rings. The van der Waals surface area contributed by atoms with Gasteiger partial charge in [0.2, 0.25) is 0 Å². The Bertz CT molecular complexity index is 889. The highest BCUT2D eigenvalue weighted by molar-refractivity contribution is 6.42. The fourth-order valence-corrected chi connectivity index (χ4v) is 3.52. The number of pyridine rings is 1. The summed E-state index contributed by atoms with van der Waals surface area (Å²) < 4.78 is 0. The summed E-state index contributed by atoms with van der Waals surface area (Å²) in [6, 6.07) is 19.3. The monoisotopic (exact) mass is 370 g/mol. The van der Waals surface area contributed by atoms with Gasteiger partial charge in [-0.15, -0.1) is 0 Å². The van der Waals surface area contributed by atoms with Crippen LogP contribution in [0.15, 0.2) is 48.5 Å². The molecule has 0 N–H and O–H groups in total. The van der Waals surface area contributed by atoms with Gasteiger partial charge in [0.15, 0.2) is 0 Å². The topological polar surface area (TPSA) is 19.4 Å². The lowest BCUT2D eigenvalue weighted by Crippen LogP contribution is -2.46. The molecular weight excluding hydrogens is 353 g/mol. The molecule has 5 heteroatoms. The Morgan fingerprint density at radius 2 is 1.80 bits per heavy atom. The molecule has 0 bridgehead atoms. The quantitative estimate of drug-likeness (QED) is 0.667. The van der Waals surface area contributed by atoms with Crippen molar-refractivity contribution in [3.63, 3.8) is 0 Å². The second kappa shape index (κ2) is 7.20. The normalized spacial score (nSPS) is 15.7. The van der Waals surface area contributed by atoms with Gasteiger partial charge in [0.1, 0.15) is 5.82 Å². The smallest absolute Gasteiger partial charge is 0.129 e. The molecule has 1 aromatic heterocycles. The lowest BCUT2D eigenvalue weighted by molar-refractivity contribution is 0.249. The largest absolute Gasteiger partial charge is 0.354 e. The van der Waals surface area contributed by atoms with Crippen LogP contribution in [0.1, 0.15) is 5.56 Å². The Kier molecular flexibility index (Phi) is 4.80. The molecule has 25 heavy (non-hydrogen) atoms. The summed E-state index contributed by atoms with van der Waals surface area (Å²) in [5.74, 6) is 1.03. The first-order valence-corrected chi connectivity index (χ1v) is 9.13. The Morgan fingerprint density at radius 3 is 2.60 bits per heavy atom. The number of benzene rings is 2. The van der Waals surface area contributed by atoms with Crippen LogP contribution in [0, 0.1) is 6.07 Å². The molecule has 0 unspecified atom stereocenters. The predicted molar refractivity (Wildman–Crippen MR) is 105 cm³/mol. The fourth-order valence-electron chi connectivity index (χ4n) is 3.20. The van der Waals surface area contributed by atoms with Crippen molar-refractivity contribution >= 4 is 39.9 Å². The fraction of sp³-hybridized carbons (Fsp3) is 0.250. The van der Waals surface area contributed by atoms with Crippen LogP contribution in [0.25, 0.3) is 10.9 Å². The van der Waals surface area contributed by atoms with E-state index in [2.05, 4.69) is 34.1 Å². The van der Waals surface area contributed by atoms with Crippen molar-refractivity contribution in [3.05, 3.63) is 70.2 Å². The predicted octanol–water partition coefficient (Wildman–Crippen LogP) is 4.66. The van der Waals surface area contributed by atoms with E-state index in [1.807, 2.05) is 30.3 Å². The van der Waals surface area contributed by atoms with Crippen LogP contribution in [0.5, 0.6) is 0 Å². The zero-order valence-corrected chi connectivity index (χ0v) is 15.3. The Morgan fingerprint density at radius 1 is 0.960 bits per heavy atom. The SMILES string of the molecule is Clc1ccc(CN2CCN(c3ccc4ccc[c]c4n3)CC2)cc1Cl. The van der Waals surface area contributed by atoms with Gasteiger partial charge in [-0.3, -0.25) is 4.90 Å². The molecule has 2 aromatic carbocycles. The lowest BCUT2D eigenvalue weighted by atomic mass is 10.2. The van der Waals surface area contributed by atoms with Crippen LogP contribution in [0.2, 0.25) is 10.0 Å². The number of nitrogens with zero attached hydrogens (tertiary/aromatic N) is 3. The Hall–Kier alpha value is -1.81. The van der Waals surface area contributed by atoms with Gasteiger partial charge in [-0.25, -0.2) is 4.98 Å². The average molecular weight is 371 g/mol. The molecule has 1 aliphatic heterocycles. The van der Waals surface area contributed by atoms with Crippen LogP contribution < -0.4 is 4.90 Å². The average Bonchev–Trinajstić information content (AvgIpc) is 2.65. The molecule has 1 aliphatic rings. The van der Waals surface area contributed by atoms with E-state index in [0.29, 0.717) is 10.0 Å². The van der Waals surface area contributed by atoms with Gasteiger partial charge < -0.3 is 4.90 Å². The van der Waals surface area contributed by atoms with Crippen LogP contribution in [0.3, 0.4) is 0 Å². The van der Waals surface area contributed by atoms with E-state index < -0.39 is 0 Å². The van der Waals surface area contributed by atoms with E-state index in [1.54, 1.807) is 0 Å². The summed E-state index contributed by atoms with van der Waals surface area (Å²) in [7, 11) is 0. The number of piperazine rings is 1. The molecule has 0 saturated carbocycles. The Labute approximate surface area is 157 Å². The zero-order valence-electron chi connectivity index (χ0n) is 13.8. The molecule has 2 heterocycles. The van der Waals surface area contributed by atoms with Gasteiger partial charge in [0.25, 0.3) is 0 Å². The third-order valence-corrected chi connectivity index (χ3v) is 5.33. The maximum absolute atomic E-state index is 6.11. The second-order valence-electron chi connectivity index (χ2n) is 6.29. The first-order valence-electron chi connectivity index (χ1n) is 8.38. The molecular formula is C20H18Cl2N3. The number of fused-ring (bicyclic) bond motifs is 1. The van der Waals surface area contributed by atoms with Crippen molar-refractivity contribution in [2.24, 2.45) is 0 Å². The highest BCUT2D eigenvalue weighted by Crippen LogP contribution is 2.24. The highest BCUT2D eigenvalue weighted by atomic mass is 35.5. The minimum atomic E-state index is 0.606. The molecule has 0 spiro atoms. The summed E-state index contributed by atoms with van der Waals surface area (Å²) in [5, 5.41) is 2.35. The van der Waals surface area contributed by atoms with Crippen LogP contribution in [-0.4, -0.2) is 36.1 Å². The number of aromatic nitrogens is 1. The molecule has 0 atom stereocenters. The number of hydrogen-bond acceptors (Lipinski definition) is 3. The summed E-state index contributed by atoms with van der Waals surface area (Å²) in [4.78, 5) is 9.52. The second-order valence-corrected chi connectivity index (χ2v) is 7.10. The summed E-state index contributed by atoms with van der Waals surface area (Å²) in [6.07, 6.45) is 0. The maximum atomic E-state index is 6.11. The molecule has 3 aromatic rings. The van der Waals surface area contributed by atoms with E-state index in [9.17, 15) is 0 Å². The van der Waals surface area contributed by atoms with E-state index in [4.69, 9.17) is 28.2 Å². The van der Waals surface area contributed by atoms with Gasteiger partial charge in [0, 0.05) is 44.2 Å². The van der Waals surface area contributed by atoms with Crippen molar-refractivity contribution < 1.29 is 0 Å². The third kappa shape index (κ3) is 3.74. The molecule has 1 radical (unpaired) electrons. The van der Waals surface area contributed by atoms with E-state index in [1.165, 1.54) is 5.56 Å². The third-order valence-electron chi connectivity index (χ3n) is 4.59. The number of halogens is 2. The van der Waals surface area contributed by atoms with Gasteiger partial charge in [-0.05, 0) is 29.8 Å². The van der Waals surface area contributed by atoms with E-state index in [-0.39, 0.29) is 0 Å². The van der Waals surface area contributed by atoms with Crippen molar-refractivity contribution in [1.29, 1.82) is 0 Å². The number of rotatable bonds is 3. The molecule has 1 saturated heterocycles. The molecule has 3 nitrogen and oxygen atoms in total. The summed E-state index contributed by atoms with van der Waals surface area (Å²) in [6.45, 7) is 4.82. The minimum Gasteiger partial charge on any atom is -0.354 e. The van der Waals surface area contributed by atoms with E-state index in [0.717, 1.165) is 49.4 Å². The van der Waals surface area contributed by atoms with Gasteiger partial charge in [0.05, 0.1) is 15.6 Å². The van der Waals surface area contributed by atoms with Gasteiger partial charge in [-0.1, -0.05) is 47.5 Å². The maximum Gasteiger partial charge on any atom is 0.129 e. The summed E-state index contributed by atoms with van der Waals surface area (Å²) in [5.41, 5.74) is 2.12. The van der Waals surface area contributed by atoms with Crippen molar-refractivity contribution in [2.45, 2.75) is 6.54 Å². The van der Waals surface area contributed by atoms with Crippen molar-refractivity contribution in [3.8, 4) is 0 Å². The first kappa shape index (κ1) is 16.6.